The van der Waals surface area contributed by atoms with Crippen LogP contribution in [0.25, 0.3) is 0 Å². The van der Waals surface area contributed by atoms with Crippen molar-refractivity contribution in [3.63, 3.8) is 0 Å². The smallest absolute Gasteiger partial charge is 0.234 e. The molecule has 2 N–H and O–H groups in total. The van der Waals surface area contributed by atoms with Crippen LogP contribution in [0.5, 0.6) is 0 Å². The average molecular weight is 397 g/mol. The number of carbonyl (C=O) groups excluding carboxylic acids is 2. The molecule has 25 heavy (non-hydrogen) atoms. The van der Waals surface area contributed by atoms with Gasteiger partial charge in [0, 0.05) is 11.4 Å². The number of halogens is 2. The quantitative estimate of drug-likeness (QED) is 0.728. The van der Waals surface area contributed by atoms with E-state index >= 15 is 0 Å². The second-order valence-corrected chi connectivity index (χ2v) is 7.32. The molecule has 0 atom stereocenters. The van der Waals surface area contributed by atoms with Gasteiger partial charge in [-0.25, -0.2) is 0 Å². The molecule has 0 radical (unpaired) electrons. The molecule has 0 aliphatic heterocycles. The van der Waals surface area contributed by atoms with Crippen LogP contribution in [-0.2, 0) is 9.59 Å². The summed E-state index contributed by atoms with van der Waals surface area (Å²) < 4.78 is 0. The first kappa shape index (κ1) is 19.6. The number of anilines is 2. The Labute approximate surface area is 161 Å². The van der Waals surface area contributed by atoms with Gasteiger partial charge in [0.2, 0.25) is 11.8 Å². The lowest BCUT2D eigenvalue weighted by atomic mass is 10.1. The lowest BCUT2D eigenvalue weighted by Crippen LogP contribution is -2.18. The molecule has 2 aromatic carbocycles. The second-order valence-electron chi connectivity index (χ2n) is 5.52. The number of nitrogens with one attached hydrogen (secondary N) is 2. The summed E-state index contributed by atoms with van der Waals surface area (Å²) in [5, 5.41) is 6.34. The van der Waals surface area contributed by atoms with E-state index in [1.165, 1.54) is 17.3 Å². The zero-order valence-corrected chi connectivity index (χ0v) is 16.2. The maximum atomic E-state index is 11.9. The van der Waals surface area contributed by atoms with E-state index in [4.69, 9.17) is 23.2 Å². The molecule has 0 saturated carbocycles. The van der Waals surface area contributed by atoms with Crippen LogP contribution < -0.4 is 10.6 Å². The highest BCUT2D eigenvalue weighted by Gasteiger charge is 2.08. The zero-order chi connectivity index (χ0) is 18.4. The largest absolute Gasteiger partial charge is 0.325 e. The van der Waals surface area contributed by atoms with Crippen LogP contribution in [0.1, 0.15) is 11.1 Å². The van der Waals surface area contributed by atoms with Gasteiger partial charge in [-0.1, -0.05) is 29.3 Å². The third-order valence-corrected chi connectivity index (χ3v) is 5.13. The maximum absolute atomic E-state index is 11.9. The molecule has 0 heterocycles. The topological polar surface area (TPSA) is 58.2 Å². The van der Waals surface area contributed by atoms with Gasteiger partial charge in [0.05, 0.1) is 21.6 Å². The van der Waals surface area contributed by atoms with Gasteiger partial charge in [0.25, 0.3) is 0 Å². The SMILES string of the molecule is Cc1ccc(NC(=O)CSCC(=O)Nc2ccc(Cl)c(Cl)c2)cc1C. The molecular formula is C18H18Cl2N2O2S. The Morgan fingerprint density at radius 1 is 0.840 bits per heavy atom. The molecule has 7 heteroatoms. The fourth-order valence-corrected chi connectivity index (χ4v) is 2.94. The first-order valence-corrected chi connectivity index (χ1v) is 9.46. The summed E-state index contributed by atoms with van der Waals surface area (Å²) in [6, 6.07) is 10.6. The predicted molar refractivity (Wildman–Crippen MR) is 107 cm³/mol. The highest BCUT2D eigenvalue weighted by Crippen LogP contribution is 2.25. The Hall–Kier alpha value is -1.69. The Bertz CT molecular complexity index is 731. The molecule has 0 fully saturated rings. The number of amides is 2. The van der Waals surface area contributed by atoms with Crippen LogP contribution in [0, 0.1) is 13.8 Å². The minimum absolute atomic E-state index is 0.143. The highest BCUT2D eigenvalue weighted by atomic mass is 35.5. The van der Waals surface area contributed by atoms with Gasteiger partial charge in [-0.05, 0) is 55.3 Å². The van der Waals surface area contributed by atoms with E-state index in [2.05, 4.69) is 10.6 Å². The Balaban J connectivity index is 1.75. The lowest BCUT2D eigenvalue weighted by molar-refractivity contribution is -0.114. The van der Waals surface area contributed by atoms with Gasteiger partial charge in [-0.15, -0.1) is 11.8 Å². The minimum atomic E-state index is -0.206. The predicted octanol–water partition coefficient (Wildman–Crippen LogP) is 4.92. The van der Waals surface area contributed by atoms with E-state index in [1.807, 2.05) is 32.0 Å². The summed E-state index contributed by atoms with van der Waals surface area (Å²) in [4.78, 5) is 23.8. The van der Waals surface area contributed by atoms with Crippen LogP contribution in [0.4, 0.5) is 11.4 Å². The Morgan fingerprint density at radius 3 is 1.96 bits per heavy atom. The van der Waals surface area contributed by atoms with Crippen LogP contribution in [0.2, 0.25) is 10.0 Å². The van der Waals surface area contributed by atoms with Crippen molar-refractivity contribution in [2.75, 3.05) is 22.1 Å². The molecule has 132 valence electrons. The van der Waals surface area contributed by atoms with Gasteiger partial charge in [0.15, 0.2) is 0 Å². The Morgan fingerprint density at radius 2 is 1.40 bits per heavy atom. The van der Waals surface area contributed by atoms with Crippen LogP contribution >= 0.6 is 35.0 Å². The molecule has 4 nitrogen and oxygen atoms in total. The summed E-state index contributed by atoms with van der Waals surface area (Å²) in [7, 11) is 0. The standard InChI is InChI=1S/C18H18Cl2N2O2S/c1-11-3-4-13(7-12(11)2)21-17(23)9-25-10-18(24)22-14-5-6-15(19)16(20)8-14/h3-8H,9-10H2,1-2H3,(H,21,23)(H,22,24). The summed E-state index contributed by atoms with van der Waals surface area (Å²) in [5.74, 6) is 0.0143. The molecule has 0 aliphatic rings. The van der Waals surface area contributed by atoms with Crippen molar-refractivity contribution < 1.29 is 9.59 Å². The van der Waals surface area contributed by atoms with Crippen molar-refractivity contribution in [3.05, 3.63) is 57.6 Å². The highest BCUT2D eigenvalue weighted by molar-refractivity contribution is 8.00. The number of rotatable bonds is 6. The molecule has 0 aromatic heterocycles. The van der Waals surface area contributed by atoms with Gasteiger partial charge in [-0.2, -0.15) is 0 Å². The number of carbonyl (C=O) groups is 2. The van der Waals surface area contributed by atoms with Gasteiger partial charge in [-0.3, -0.25) is 9.59 Å². The van der Waals surface area contributed by atoms with Gasteiger partial charge < -0.3 is 10.6 Å². The fourth-order valence-electron chi connectivity index (χ4n) is 2.02. The van der Waals surface area contributed by atoms with Crippen molar-refractivity contribution in [2.45, 2.75) is 13.8 Å². The molecular weight excluding hydrogens is 379 g/mol. The van der Waals surface area contributed by atoms with Crippen molar-refractivity contribution in [1.29, 1.82) is 0 Å². The van der Waals surface area contributed by atoms with Crippen molar-refractivity contribution >= 4 is 58.2 Å². The average Bonchev–Trinajstić information content (AvgIpc) is 2.54. The number of hydrogen-bond acceptors (Lipinski definition) is 3. The van der Waals surface area contributed by atoms with Crippen molar-refractivity contribution in [1.82, 2.24) is 0 Å². The zero-order valence-electron chi connectivity index (χ0n) is 13.9. The Kier molecular flexibility index (Phi) is 7.17. The molecule has 2 amide bonds. The lowest BCUT2D eigenvalue weighted by Gasteiger charge is -2.08. The molecule has 0 aliphatic carbocycles. The van der Waals surface area contributed by atoms with Gasteiger partial charge >= 0.3 is 0 Å². The normalized spacial score (nSPS) is 10.4. The monoisotopic (exact) mass is 396 g/mol. The maximum Gasteiger partial charge on any atom is 0.234 e. The van der Waals surface area contributed by atoms with E-state index in [1.54, 1.807) is 18.2 Å². The molecule has 0 spiro atoms. The summed E-state index contributed by atoms with van der Waals surface area (Å²) in [6.07, 6.45) is 0. The number of hydrogen-bond donors (Lipinski definition) is 2. The van der Waals surface area contributed by atoms with E-state index in [-0.39, 0.29) is 23.3 Å². The molecule has 2 rings (SSSR count). The third kappa shape index (κ3) is 6.27. The number of thioether (sulfide) groups is 1. The summed E-state index contributed by atoms with van der Waals surface area (Å²) in [6.45, 7) is 4.01. The van der Waals surface area contributed by atoms with Crippen molar-refractivity contribution in [3.8, 4) is 0 Å². The van der Waals surface area contributed by atoms with E-state index in [0.29, 0.717) is 15.7 Å². The van der Waals surface area contributed by atoms with E-state index < -0.39 is 0 Å². The minimum Gasteiger partial charge on any atom is -0.325 e. The summed E-state index contributed by atoms with van der Waals surface area (Å²) in [5.41, 5.74) is 3.62. The van der Waals surface area contributed by atoms with E-state index in [9.17, 15) is 9.59 Å². The first-order chi connectivity index (χ1) is 11.8. The van der Waals surface area contributed by atoms with E-state index in [0.717, 1.165) is 11.3 Å². The molecule has 0 saturated heterocycles. The first-order valence-electron chi connectivity index (χ1n) is 7.55. The molecule has 0 unspecified atom stereocenters. The summed E-state index contributed by atoms with van der Waals surface area (Å²) >= 11 is 13.0. The van der Waals surface area contributed by atoms with Crippen molar-refractivity contribution in [2.24, 2.45) is 0 Å². The van der Waals surface area contributed by atoms with Crippen LogP contribution in [-0.4, -0.2) is 23.3 Å². The number of aryl methyl sites for hydroxylation is 2. The molecule has 0 bridgehead atoms. The van der Waals surface area contributed by atoms with Gasteiger partial charge in [0.1, 0.15) is 0 Å². The molecule has 2 aromatic rings. The number of benzene rings is 2. The van der Waals surface area contributed by atoms with Crippen LogP contribution in [0.15, 0.2) is 36.4 Å². The van der Waals surface area contributed by atoms with Crippen LogP contribution in [0.3, 0.4) is 0 Å². The fraction of sp³-hybridized carbons (Fsp3) is 0.222. The third-order valence-electron chi connectivity index (χ3n) is 3.46. The second kappa shape index (κ2) is 9.13.